The number of hydrogen-bond donors (Lipinski definition) is 0. The summed E-state index contributed by atoms with van der Waals surface area (Å²) in [4.78, 5) is 4.57. The Labute approximate surface area is 123 Å². The zero-order chi connectivity index (χ0) is 15.0. The molecule has 0 atom stereocenters. The molecule has 3 aromatic heterocycles. The average molecular weight is 285 g/mol. The van der Waals surface area contributed by atoms with Crippen molar-refractivity contribution >= 4 is 0 Å². The second-order valence-electron chi connectivity index (χ2n) is 5.07. The summed E-state index contributed by atoms with van der Waals surface area (Å²) >= 11 is 0. The Bertz CT molecular complexity index is 762. The van der Waals surface area contributed by atoms with Crippen LogP contribution in [0.25, 0.3) is 17.2 Å². The molecule has 7 heteroatoms. The predicted molar refractivity (Wildman–Crippen MR) is 79.1 cm³/mol. The van der Waals surface area contributed by atoms with E-state index in [0.29, 0.717) is 0 Å². The molecule has 3 rings (SSSR count). The van der Waals surface area contributed by atoms with Gasteiger partial charge in [0.1, 0.15) is 5.82 Å². The molecule has 0 aromatic carbocycles. The highest BCUT2D eigenvalue weighted by Crippen LogP contribution is 2.24. The monoisotopic (exact) mass is 285 g/mol. The van der Waals surface area contributed by atoms with Crippen LogP contribution in [0.4, 0.5) is 0 Å². The molecular weight excluding hydrogens is 266 g/mol. The van der Waals surface area contributed by atoms with Crippen LogP contribution in [0.1, 0.15) is 24.9 Å². The molecule has 21 heavy (non-hydrogen) atoms. The van der Waals surface area contributed by atoms with Crippen LogP contribution in [0.3, 0.4) is 0 Å². The Balaban J connectivity index is 2.14. The zero-order valence-electron chi connectivity index (χ0n) is 12.8. The van der Waals surface area contributed by atoms with Crippen LogP contribution < -0.4 is 0 Å². The smallest absolute Gasteiger partial charge is 0.168 e. The van der Waals surface area contributed by atoms with Gasteiger partial charge in [-0.05, 0) is 20.3 Å². The van der Waals surface area contributed by atoms with Crippen LogP contribution >= 0.6 is 0 Å². The summed E-state index contributed by atoms with van der Waals surface area (Å²) < 4.78 is 5.61. The summed E-state index contributed by atoms with van der Waals surface area (Å²) in [6, 6.07) is 1.92. The minimum Gasteiger partial charge on any atom is -0.269 e. The van der Waals surface area contributed by atoms with Gasteiger partial charge < -0.3 is 0 Å². The van der Waals surface area contributed by atoms with Gasteiger partial charge in [0.15, 0.2) is 11.6 Å². The number of aromatic nitrogens is 7. The van der Waals surface area contributed by atoms with Gasteiger partial charge in [0.2, 0.25) is 0 Å². The third-order valence-corrected chi connectivity index (χ3v) is 3.50. The first-order valence-electron chi connectivity index (χ1n) is 7.06. The Morgan fingerprint density at radius 1 is 1.19 bits per heavy atom. The van der Waals surface area contributed by atoms with Crippen molar-refractivity contribution in [2.75, 3.05) is 0 Å². The molecule has 0 spiro atoms. The number of aryl methyl sites for hydroxylation is 3. The molecular formula is C14H19N7. The lowest BCUT2D eigenvalue weighted by Gasteiger charge is -2.06. The lowest BCUT2D eigenvalue weighted by atomic mass is 10.2. The van der Waals surface area contributed by atoms with Crippen molar-refractivity contribution in [3.63, 3.8) is 0 Å². The normalized spacial score (nSPS) is 11.2. The zero-order valence-corrected chi connectivity index (χ0v) is 12.8. The van der Waals surface area contributed by atoms with E-state index in [0.717, 1.165) is 41.7 Å². The Morgan fingerprint density at radius 3 is 2.67 bits per heavy atom. The predicted octanol–water partition coefficient (Wildman–Crippen LogP) is 1.89. The minimum absolute atomic E-state index is 0.730. The lowest BCUT2D eigenvalue weighted by molar-refractivity contribution is 0.587. The molecule has 0 saturated heterocycles. The lowest BCUT2D eigenvalue weighted by Crippen LogP contribution is -2.07. The Morgan fingerprint density at radius 2 is 2.00 bits per heavy atom. The van der Waals surface area contributed by atoms with Gasteiger partial charge in [-0.25, -0.2) is 4.98 Å². The van der Waals surface area contributed by atoms with Crippen LogP contribution in [0.5, 0.6) is 0 Å². The second kappa shape index (κ2) is 5.16. The molecule has 0 N–H and O–H groups in total. The van der Waals surface area contributed by atoms with Gasteiger partial charge in [-0.3, -0.25) is 9.36 Å². The Kier molecular flexibility index (Phi) is 3.32. The van der Waals surface area contributed by atoms with Gasteiger partial charge in [-0.1, -0.05) is 6.92 Å². The van der Waals surface area contributed by atoms with Crippen LogP contribution in [-0.2, 0) is 13.6 Å². The van der Waals surface area contributed by atoms with E-state index < -0.39 is 0 Å². The third-order valence-electron chi connectivity index (χ3n) is 3.50. The van der Waals surface area contributed by atoms with E-state index in [2.05, 4.69) is 34.1 Å². The summed E-state index contributed by atoms with van der Waals surface area (Å²) in [5.41, 5.74) is 2.11. The van der Waals surface area contributed by atoms with Gasteiger partial charge in [0, 0.05) is 25.4 Å². The van der Waals surface area contributed by atoms with E-state index in [-0.39, 0.29) is 0 Å². The van der Waals surface area contributed by atoms with E-state index >= 15 is 0 Å². The quantitative estimate of drug-likeness (QED) is 0.734. The summed E-state index contributed by atoms with van der Waals surface area (Å²) in [7, 11) is 1.89. The van der Waals surface area contributed by atoms with Crippen LogP contribution in [0, 0.1) is 13.8 Å². The topological polar surface area (TPSA) is 66.3 Å². The van der Waals surface area contributed by atoms with E-state index in [4.69, 9.17) is 0 Å². The molecule has 0 aliphatic carbocycles. The van der Waals surface area contributed by atoms with E-state index in [1.807, 2.05) is 35.6 Å². The average Bonchev–Trinajstić information content (AvgIpc) is 3.11. The maximum atomic E-state index is 4.57. The highest BCUT2D eigenvalue weighted by molar-refractivity contribution is 5.59. The van der Waals surface area contributed by atoms with Crippen molar-refractivity contribution in [2.45, 2.75) is 33.7 Å². The van der Waals surface area contributed by atoms with Crippen molar-refractivity contribution in [2.24, 2.45) is 7.05 Å². The van der Waals surface area contributed by atoms with Crippen molar-refractivity contribution in [3.05, 3.63) is 30.0 Å². The van der Waals surface area contributed by atoms with Crippen LogP contribution in [0.2, 0.25) is 0 Å². The van der Waals surface area contributed by atoms with Gasteiger partial charge in [0.25, 0.3) is 0 Å². The first-order chi connectivity index (χ1) is 10.1. The Hall–Kier alpha value is -2.44. The van der Waals surface area contributed by atoms with Crippen LogP contribution in [-0.4, -0.2) is 34.3 Å². The first-order valence-corrected chi connectivity index (χ1v) is 7.06. The van der Waals surface area contributed by atoms with E-state index in [1.165, 1.54) is 0 Å². The highest BCUT2D eigenvalue weighted by atomic mass is 15.4. The fourth-order valence-corrected chi connectivity index (χ4v) is 2.43. The molecule has 7 nitrogen and oxygen atoms in total. The van der Waals surface area contributed by atoms with E-state index in [1.54, 1.807) is 10.9 Å². The fourth-order valence-electron chi connectivity index (χ4n) is 2.43. The van der Waals surface area contributed by atoms with Gasteiger partial charge in [-0.2, -0.15) is 14.9 Å². The SMILES string of the molecule is CCCn1ncc(-c2nc(C)nn2-c2ccnn2C)c1C. The van der Waals surface area contributed by atoms with Gasteiger partial charge in [-0.15, -0.1) is 5.10 Å². The first kappa shape index (κ1) is 13.5. The molecule has 110 valence electrons. The van der Waals surface area contributed by atoms with Gasteiger partial charge in [0.05, 0.1) is 18.0 Å². The van der Waals surface area contributed by atoms with Crippen molar-refractivity contribution < 1.29 is 0 Å². The molecule has 0 aliphatic rings. The molecule has 0 unspecified atom stereocenters. The summed E-state index contributed by atoms with van der Waals surface area (Å²) in [5, 5.41) is 13.1. The number of rotatable bonds is 4. The molecule has 3 heterocycles. The van der Waals surface area contributed by atoms with Crippen molar-refractivity contribution in [1.29, 1.82) is 0 Å². The molecule has 3 aromatic rings. The highest BCUT2D eigenvalue weighted by Gasteiger charge is 2.18. The van der Waals surface area contributed by atoms with Crippen LogP contribution in [0.15, 0.2) is 18.5 Å². The maximum Gasteiger partial charge on any atom is 0.168 e. The molecule has 0 amide bonds. The molecule has 0 aliphatic heterocycles. The molecule has 0 saturated carbocycles. The second-order valence-corrected chi connectivity index (χ2v) is 5.07. The largest absolute Gasteiger partial charge is 0.269 e. The number of nitrogens with zero attached hydrogens (tertiary/aromatic N) is 7. The summed E-state index contributed by atoms with van der Waals surface area (Å²) in [6.45, 7) is 7.01. The molecule has 0 bridgehead atoms. The maximum absolute atomic E-state index is 4.57. The standard InChI is InChI=1S/C14H19N7/c1-5-8-20-10(2)12(9-16-20)14-17-11(3)18-21(14)13-6-7-15-19(13)4/h6-7,9H,5,8H2,1-4H3. The minimum atomic E-state index is 0.730. The van der Waals surface area contributed by atoms with Crippen molar-refractivity contribution in [3.8, 4) is 17.2 Å². The fraction of sp³-hybridized carbons (Fsp3) is 0.429. The third kappa shape index (κ3) is 2.24. The van der Waals surface area contributed by atoms with Gasteiger partial charge >= 0.3 is 0 Å². The summed E-state index contributed by atoms with van der Waals surface area (Å²) in [6.07, 6.45) is 4.67. The molecule has 0 fully saturated rings. The molecule has 0 radical (unpaired) electrons. The van der Waals surface area contributed by atoms with Crippen molar-refractivity contribution in [1.82, 2.24) is 34.3 Å². The van der Waals surface area contributed by atoms with E-state index in [9.17, 15) is 0 Å². The summed E-state index contributed by atoms with van der Waals surface area (Å²) in [5.74, 6) is 2.41. The number of hydrogen-bond acceptors (Lipinski definition) is 4.